The van der Waals surface area contributed by atoms with Crippen LogP contribution in [0.1, 0.15) is 16.5 Å². The van der Waals surface area contributed by atoms with Crippen LogP contribution < -0.4 is 5.73 Å². The van der Waals surface area contributed by atoms with Crippen LogP contribution in [0.2, 0.25) is 0 Å². The van der Waals surface area contributed by atoms with Gasteiger partial charge in [-0.05, 0) is 23.7 Å². The molecule has 0 fully saturated rings. The first-order valence-electron chi connectivity index (χ1n) is 4.17. The Labute approximate surface area is 88.7 Å². The number of hydrogen-bond acceptors (Lipinski definition) is 4. The molecule has 0 aliphatic carbocycles. The predicted molar refractivity (Wildman–Crippen MR) is 52.3 cm³/mol. The Bertz CT molecular complexity index is 438. The van der Waals surface area contributed by atoms with E-state index in [4.69, 9.17) is 5.73 Å². The number of nitrogens with zero attached hydrogens (tertiary/aromatic N) is 2. The highest BCUT2D eigenvalue weighted by Crippen LogP contribution is 2.25. The Kier molecular flexibility index (Phi) is 2.70. The quantitative estimate of drug-likeness (QED) is 0.852. The van der Waals surface area contributed by atoms with E-state index in [2.05, 4.69) is 9.59 Å². The van der Waals surface area contributed by atoms with Gasteiger partial charge in [-0.2, -0.15) is 0 Å². The van der Waals surface area contributed by atoms with E-state index in [1.807, 2.05) is 0 Å². The van der Waals surface area contributed by atoms with E-state index >= 15 is 0 Å². The van der Waals surface area contributed by atoms with Crippen molar-refractivity contribution in [3.8, 4) is 0 Å². The minimum absolute atomic E-state index is 0.149. The maximum Gasteiger partial charge on any atom is 0.131 e. The molecule has 0 saturated carbocycles. The van der Waals surface area contributed by atoms with Crippen LogP contribution in [0.25, 0.3) is 0 Å². The summed E-state index contributed by atoms with van der Waals surface area (Å²) in [7, 11) is 0. The van der Waals surface area contributed by atoms with Gasteiger partial charge in [-0.25, -0.2) is 8.78 Å². The molecule has 2 aromatic rings. The van der Waals surface area contributed by atoms with Crippen molar-refractivity contribution in [1.82, 2.24) is 9.59 Å². The molecular weight excluding hydrogens is 220 g/mol. The lowest BCUT2D eigenvalue weighted by Gasteiger charge is -2.10. The van der Waals surface area contributed by atoms with Gasteiger partial charge in [0.2, 0.25) is 0 Å². The fourth-order valence-electron chi connectivity index (χ4n) is 1.26. The second-order valence-electron chi connectivity index (χ2n) is 2.93. The summed E-state index contributed by atoms with van der Waals surface area (Å²) in [6, 6.07) is 2.79. The zero-order chi connectivity index (χ0) is 10.8. The molecule has 15 heavy (non-hydrogen) atoms. The molecule has 6 heteroatoms. The van der Waals surface area contributed by atoms with Gasteiger partial charge in [-0.3, -0.25) is 0 Å². The standard InChI is InChI=1S/C9H7F2N3S/c10-5-2-1-3-6(11)8(5)9(12)7-4-13-14-15-7/h1-4,9H,12H2. The molecule has 0 amide bonds. The fraction of sp³-hybridized carbons (Fsp3) is 0.111. The molecule has 1 aromatic carbocycles. The molecule has 0 aliphatic heterocycles. The first kappa shape index (κ1) is 10.1. The molecule has 2 rings (SSSR count). The lowest BCUT2D eigenvalue weighted by molar-refractivity contribution is 0.545. The fourth-order valence-corrected chi connectivity index (χ4v) is 1.78. The van der Waals surface area contributed by atoms with Crippen LogP contribution in [-0.2, 0) is 0 Å². The highest BCUT2D eigenvalue weighted by molar-refractivity contribution is 7.05. The van der Waals surface area contributed by atoms with Crippen molar-refractivity contribution in [2.24, 2.45) is 5.73 Å². The topological polar surface area (TPSA) is 51.8 Å². The molecule has 1 atom stereocenters. The van der Waals surface area contributed by atoms with Gasteiger partial charge in [0.1, 0.15) is 11.6 Å². The summed E-state index contributed by atoms with van der Waals surface area (Å²) in [5.74, 6) is -1.31. The number of nitrogens with two attached hydrogens (primary N) is 1. The molecular formula is C9H7F2N3S. The summed E-state index contributed by atoms with van der Waals surface area (Å²) >= 11 is 1.02. The van der Waals surface area contributed by atoms with Crippen LogP contribution in [-0.4, -0.2) is 9.59 Å². The van der Waals surface area contributed by atoms with Crippen LogP contribution in [0.5, 0.6) is 0 Å². The zero-order valence-electron chi connectivity index (χ0n) is 7.52. The van der Waals surface area contributed by atoms with E-state index in [-0.39, 0.29) is 5.56 Å². The monoisotopic (exact) mass is 227 g/mol. The van der Waals surface area contributed by atoms with E-state index in [0.717, 1.165) is 11.5 Å². The number of rotatable bonds is 2. The first-order chi connectivity index (χ1) is 7.20. The first-order valence-corrected chi connectivity index (χ1v) is 4.94. The molecule has 0 radical (unpaired) electrons. The van der Waals surface area contributed by atoms with Crippen molar-refractivity contribution in [2.75, 3.05) is 0 Å². The maximum atomic E-state index is 13.3. The van der Waals surface area contributed by atoms with Crippen LogP contribution >= 0.6 is 11.5 Å². The van der Waals surface area contributed by atoms with E-state index < -0.39 is 17.7 Å². The second-order valence-corrected chi connectivity index (χ2v) is 3.75. The smallest absolute Gasteiger partial charge is 0.131 e. The lowest BCUT2D eigenvalue weighted by atomic mass is 10.1. The van der Waals surface area contributed by atoms with Crippen LogP contribution in [0.4, 0.5) is 8.78 Å². The third-order valence-corrected chi connectivity index (χ3v) is 2.74. The van der Waals surface area contributed by atoms with Gasteiger partial charge in [-0.1, -0.05) is 10.6 Å². The van der Waals surface area contributed by atoms with Gasteiger partial charge < -0.3 is 5.73 Å². The van der Waals surface area contributed by atoms with E-state index in [1.165, 1.54) is 24.4 Å². The number of aromatic nitrogens is 2. The van der Waals surface area contributed by atoms with Gasteiger partial charge in [0, 0.05) is 5.56 Å². The van der Waals surface area contributed by atoms with Gasteiger partial charge in [0.15, 0.2) is 0 Å². The van der Waals surface area contributed by atoms with Crippen molar-refractivity contribution in [3.63, 3.8) is 0 Å². The normalized spacial score (nSPS) is 12.7. The lowest BCUT2D eigenvalue weighted by Crippen LogP contribution is -2.14. The van der Waals surface area contributed by atoms with Crippen molar-refractivity contribution < 1.29 is 8.78 Å². The number of halogens is 2. The van der Waals surface area contributed by atoms with Gasteiger partial charge in [0.05, 0.1) is 17.1 Å². The summed E-state index contributed by atoms with van der Waals surface area (Å²) in [5, 5.41) is 3.57. The Balaban J connectivity index is 2.46. The van der Waals surface area contributed by atoms with E-state index in [0.29, 0.717) is 4.88 Å². The molecule has 78 valence electrons. The SMILES string of the molecule is NC(c1cnns1)c1c(F)cccc1F. The maximum absolute atomic E-state index is 13.3. The van der Waals surface area contributed by atoms with Gasteiger partial charge >= 0.3 is 0 Å². The summed E-state index contributed by atoms with van der Waals surface area (Å²) in [5.41, 5.74) is 5.56. The largest absolute Gasteiger partial charge is 0.319 e. The summed E-state index contributed by atoms with van der Waals surface area (Å²) in [6.07, 6.45) is 1.40. The van der Waals surface area contributed by atoms with E-state index in [9.17, 15) is 8.78 Å². The molecule has 0 bridgehead atoms. The van der Waals surface area contributed by atoms with Gasteiger partial charge in [-0.15, -0.1) is 5.10 Å². The van der Waals surface area contributed by atoms with Crippen molar-refractivity contribution in [1.29, 1.82) is 0 Å². The Hall–Kier alpha value is -1.40. The van der Waals surface area contributed by atoms with Crippen molar-refractivity contribution in [3.05, 3.63) is 46.5 Å². The average Bonchev–Trinajstić information content (AvgIpc) is 2.69. The predicted octanol–water partition coefficient (Wildman–Crippen LogP) is 1.86. The highest BCUT2D eigenvalue weighted by atomic mass is 32.1. The average molecular weight is 227 g/mol. The number of hydrogen-bond donors (Lipinski definition) is 1. The number of benzene rings is 1. The minimum atomic E-state index is -0.855. The van der Waals surface area contributed by atoms with Crippen LogP contribution in [0.15, 0.2) is 24.4 Å². The third kappa shape index (κ3) is 1.86. The van der Waals surface area contributed by atoms with Crippen molar-refractivity contribution >= 4 is 11.5 Å². The third-order valence-electron chi connectivity index (χ3n) is 2.00. The van der Waals surface area contributed by atoms with Crippen molar-refractivity contribution in [2.45, 2.75) is 6.04 Å². The Morgan fingerprint density at radius 2 is 1.93 bits per heavy atom. The molecule has 2 N–H and O–H groups in total. The Morgan fingerprint density at radius 1 is 1.27 bits per heavy atom. The highest BCUT2D eigenvalue weighted by Gasteiger charge is 2.19. The molecule has 1 heterocycles. The molecule has 0 aliphatic rings. The van der Waals surface area contributed by atoms with E-state index in [1.54, 1.807) is 0 Å². The van der Waals surface area contributed by atoms with Crippen LogP contribution in [0, 0.1) is 11.6 Å². The molecule has 0 spiro atoms. The molecule has 1 unspecified atom stereocenters. The summed E-state index contributed by atoms with van der Waals surface area (Å²) in [6.45, 7) is 0. The summed E-state index contributed by atoms with van der Waals surface area (Å²) < 4.78 is 30.3. The van der Waals surface area contributed by atoms with Crippen LogP contribution in [0.3, 0.4) is 0 Å². The zero-order valence-corrected chi connectivity index (χ0v) is 8.34. The Morgan fingerprint density at radius 3 is 2.47 bits per heavy atom. The molecule has 1 aromatic heterocycles. The second kappa shape index (κ2) is 4.00. The molecule has 3 nitrogen and oxygen atoms in total. The molecule has 0 saturated heterocycles. The summed E-state index contributed by atoms with van der Waals surface area (Å²) in [4.78, 5) is 0.527. The minimum Gasteiger partial charge on any atom is -0.319 e. The van der Waals surface area contributed by atoms with Gasteiger partial charge in [0.25, 0.3) is 0 Å².